The average Bonchev–Trinajstić information content (AvgIpc) is 3.12. The molecule has 1 aliphatic heterocycles. The van der Waals surface area contributed by atoms with Gasteiger partial charge in [-0.1, -0.05) is 45.1 Å². The molecule has 1 aromatic carbocycles. The summed E-state index contributed by atoms with van der Waals surface area (Å²) in [4.78, 5) is 13.2. The lowest BCUT2D eigenvalue weighted by Crippen LogP contribution is -2.25. The van der Waals surface area contributed by atoms with Crippen LogP contribution in [0.3, 0.4) is 0 Å². The molecule has 0 aliphatic carbocycles. The second-order valence-corrected chi connectivity index (χ2v) is 17.2. The van der Waals surface area contributed by atoms with Gasteiger partial charge in [0.05, 0.1) is 32.0 Å². The van der Waals surface area contributed by atoms with Crippen molar-refractivity contribution in [3.05, 3.63) is 29.3 Å². The number of esters is 1. The number of allylic oxidation sites excluding steroid dienone is 1. The summed E-state index contributed by atoms with van der Waals surface area (Å²) in [6.45, 7) is 15.0. The van der Waals surface area contributed by atoms with Gasteiger partial charge < -0.3 is 28.4 Å². The van der Waals surface area contributed by atoms with Gasteiger partial charge in [0.1, 0.15) is 17.1 Å². The monoisotopic (exact) mass is 536 g/mol. The van der Waals surface area contributed by atoms with Crippen molar-refractivity contribution < 1.29 is 33.2 Å². The van der Waals surface area contributed by atoms with E-state index in [1.807, 2.05) is 12.1 Å². The predicted octanol–water partition coefficient (Wildman–Crippen LogP) is 6.58. The number of hydrogen-bond donors (Lipinski definition) is 0. The molecule has 210 valence electrons. The largest absolute Gasteiger partial charge is 0.497 e. The zero-order valence-corrected chi connectivity index (χ0v) is 25.2. The lowest BCUT2D eigenvalue weighted by molar-refractivity contribution is -0.0605. The molecular weight excluding hydrogens is 488 g/mol. The Bertz CT molecular complexity index is 876. The molecule has 1 aliphatic rings. The first-order valence-corrected chi connectivity index (χ1v) is 17.1. The maximum absolute atomic E-state index is 13.2. The molecule has 0 spiro atoms. The minimum absolute atomic E-state index is 0.0136. The first-order chi connectivity index (χ1) is 17.5. The van der Waals surface area contributed by atoms with Crippen LogP contribution in [-0.4, -0.2) is 66.6 Å². The lowest BCUT2D eigenvalue weighted by atomic mass is 9.91. The summed E-state index contributed by atoms with van der Waals surface area (Å²) in [5.41, 5.74) is 0.893. The van der Waals surface area contributed by atoms with Gasteiger partial charge in [0.25, 0.3) is 0 Å². The predicted molar refractivity (Wildman–Crippen MR) is 150 cm³/mol. The summed E-state index contributed by atoms with van der Waals surface area (Å²) >= 11 is 0. The van der Waals surface area contributed by atoms with Crippen LogP contribution in [-0.2, 0) is 18.9 Å². The van der Waals surface area contributed by atoms with E-state index < -0.39 is 14.0 Å². The number of hydrogen-bond acceptors (Lipinski definition) is 7. The number of methoxy groups -OCH3 is 2. The summed E-state index contributed by atoms with van der Waals surface area (Å²) in [5.74, 6) is 0.900. The molecule has 0 saturated carbocycles. The van der Waals surface area contributed by atoms with Gasteiger partial charge in [-0.3, -0.25) is 0 Å². The molecule has 1 fully saturated rings. The second kappa shape index (κ2) is 14.9. The minimum Gasteiger partial charge on any atom is -0.497 e. The molecule has 0 N–H and O–H groups in total. The van der Waals surface area contributed by atoms with E-state index in [-0.39, 0.29) is 18.5 Å². The summed E-state index contributed by atoms with van der Waals surface area (Å²) in [6.07, 6.45) is 8.03. The van der Waals surface area contributed by atoms with E-state index in [1.165, 1.54) is 0 Å². The maximum atomic E-state index is 13.2. The van der Waals surface area contributed by atoms with E-state index in [9.17, 15) is 4.79 Å². The van der Waals surface area contributed by atoms with Gasteiger partial charge >= 0.3 is 5.97 Å². The molecule has 8 heteroatoms. The van der Waals surface area contributed by atoms with Crippen molar-refractivity contribution in [1.29, 1.82) is 0 Å². The van der Waals surface area contributed by atoms with Gasteiger partial charge in [-0.05, 0) is 56.7 Å². The molecule has 2 atom stereocenters. The Morgan fingerprint density at radius 3 is 2.59 bits per heavy atom. The molecule has 7 nitrogen and oxygen atoms in total. The number of benzene rings is 1. The fourth-order valence-electron chi connectivity index (χ4n) is 4.37. The molecule has 0 bridgehead atoms. The van der Waals surface area contributed by atoms with Crippen molar-refractivity contribution in [2.45, 2.75) is 83.8 Å². The Labute approximate surface area is 224 Å². The van der Waals surface area contributed by atoms with Gasteiger partial charge in [0, 0.05) is 27.9 Å². The van der Waals surface area contributed by atoms with Crippen LogP contribution in [0.25, 0.3) is 6.08 Å². The van der Waals surface area contributed by atoms with E-state index in [2.05, 4.69) is 46.5 Å². The van der Waals surface area contributed by atoms with Crippen LogP contribution in [0.2, 0.25) is 25.7 Å². The number of carbonyl (C=O) groups excluding carboxylic acids is 1. The number of unbranched alkanes of at least 4 members (excludes halogenated alkanes) is 1. The highest BCUT2D eigenvalue weighted by atomic mass is 28.3. The van der Waals surface area contributed by atoms with E-state index in [0.717, 1.165) is 38.3 Å². The summed E-state index contributed by atoms with van der Waals surface area (Å²) in [5, 5.41) is 0. The van der Waals surface area contributed by atoms with Gasteiger partial charge in [-0.2, -0.15) is 0 Å². The topological polar surface area (TPSA) is 72.5 Å². The first kappa shape index (κ1) is 31.3. The minimum atomic E-state index is -1.34. The molecule has 1 saturated heterocycles. The van der Waals surface area contributed by atoms with Crippen LogP contribution >= 0.6 is 0 Å². The molecule has 0 aromatic heterocycles. The molecule has 0 radical (unpaired) electrons. The fourth-order valence-corrected chi connectivity index (χ4v) is 5.09. The Balaban J connectivity index is 2.24. The highest BCUT2D eigenvalue weighted by Gasteiger charge is 2.39. The summed E-state index contributed by atoms with van der Waals surface area (Å²) < 4.78 is 34.2. The van der Waals surface area contributed by atoms with E-state index in [1.54, 1.807) is 20.3 Å². The molecule has 0 unspecified atom stereocenters. The van der Waals surface area contributed by atoms with Crippen molar-refractivity contribution in [3.63, 3.8) is 0 Å². The SMILES string of the molecule is CCCCOC[C@H]1OC(C)(C)C[C@H]1C/C=C/c1cc(OC)cc(OCOC)c1C(=O)OCC[Si](C)(C)C. The second-order valence-electron chi connectivity index (χ2n) is 11.5. The molecule has 37 heavy (non-hydrogen) atoms. The van der Waals surface area contributed by atoms with E-state index in [0.29, 0.717) is 41.8 Å². The van der Waals surface area contributed by atoms with Gasteiger partial charge in [0.15, 0.2) is 6.79 Å². The van der Waals surface area contributed by atoms with Crippen molar-refractivity contribution in [2.24, 2.45) is 5.92 Å². The van der Waals surface area contributed by atoms with Crippen LogP contribution in [0.4, 0.5) is 0 Å². The van der Waals surface area contributed by atoms with Crippen LogP contribution in [0.15, 0.2) is 18.2 Å². The Hall–Kier alpha value is -1.87. The zero-order valence-electron chi connectivity index (χ0n) is 24.2. The lowest BCUT2D eigenvalue weighted by Gasteiger charge is -2.20. The molecule has 1 heterocycles. The molecule has 2 rings (SSSR count). The van der Waals surface area contributed by atoms with Crippen molar-refractivity contribution >= 4 is 20.1 Å². The third kappa shape index (κ3) is 10.8. The third-order valence-electron chi connectivity index (χ3n) is 6.37. The number of carbonyl (C=O) groups is 1. The van der Waals surface area contributed by atoms with Crippen LogP contribution < -0.4 is 9.47 Å². The van der Waals surface area contributed by atoms with Crippen LogP contribution in [0.5, 0.6) is 11.5 Å². The quantitative estimate of drug-likeness (QED) is 0.102. The zero-order chi connectivity index (χ0) is 27.5. The third-order valence-corrected chi connectivity index (χ3v) is 8.08. The molecule has 0 amide bonds. The number of ether oxygens (including phenoxy) is 6. The number of rotatable bonds is 16. The van der Waals surface area contributed by atoms with Gasteiger partial charge in [-0.15, -0.1) is 0 Å². The van der Waals surface area contributed by atoms with E-state index >= 15 is 0 Å². The van der Waals surface area contributed by atoms with Crippen molar-refractivity contribution in [3.8, 4) is 11.5 Å². The average molecular weight is 537 g/mol. The van der Waals surface area contributed by atoms with Crippen LogP contribution in [0.1, 0.15) is 62.4 Å². The maximum Gasteiger partial charge on any atom is 0.342 e. The highest BCUT2D eigenvalue weighted by Crippen LogP contribution is 2.37. The van der Waals surface area contributed by atoms with Crippen molar-refractivity contribution in [2.75, 3.05) is 40.8 Å². The standard InChI is InChI=1S/C29H48O7Si/c1-9-10-14-33-20-26-23(19-29(2,3)36-26)13-11-12-22-17-24(32-5)18-25(35-21-31-4)27(22)28(30)34-15-16-37(6,7)8/h11-12,17-18,23,26H,9-10,13-16,19-21H2,1-8H3/b12-11+/t23-,26-/m1/s1. The van der Waals surface area contributed by atoms with E-state index in [4.69, 9.17) is 28.4 Å². The smallest absolute Gasteiger partial charge is 0.342 e. The van der Waals surface area contributed by atoms with Gasteiger partial charge in [-0.25, -0.2) is 4.79 Å². The van der Waals surface area contributed by atoms with Crippen LogP contribution in [0, 0.1) is 5.92 Å². The Morgan fingerprint density at radius 1 is 1.19 bits per heavy atom. The first-order valence-electron chi connectivity index (χ1n) is 13.4. The summed E-state index contributed by atoms with van der Waals surface area (Å²) in [6, 6.07) is 4.43. The normalized spacial score (nSPS) is 19.4. The highest BCUT2D eigenvalue weighted by molar-refractivity contribution is 6.76. The fraction of sp³-hybridized carbons (Fsp3) is 0.690. The molecular formula is C29H48O7Si. The van der Waals surface area contributed by atoms with Crippen molar-refractivity contribution in [1.82, 2.24) is 0 Å². The Kier molecular flexibility index (Phi) is 12.6. The molecule has 1 aromatic rings. The van der Waals surface area contributed by atoms with Gasteiger partial charge in [0.2, 0.25) is 0 Å². The summed E-state index contributed by atoms with van der Waals surface area (Å²) in [7, 11) is 1.79. The Morgan fingerprint density at radius 2 is 1.95 bits per heavy atom.